The largest absolute Gasteiger partial charge is 0.349 e. The van der Waals surface area contributed by atoms with Crippen molar-refractivity contribution in [1.82, 2.24) is 30.8 Å². The number of halogens is 1. The number of piperidine rings is 1. The molecule has 0 spiro atoms. The molecule has 2 atom stereocenters. The van der Waals surface area contributed by atoms with Crippen molar-refractivity contribution in [2.45, 2.75) is 19.4 Å². The predicted molar refractivity (Wildman–Crippen MR) is 84.3 cm³/mol. The Bertz CT molecular complexity index is 600. The quantitative estimate of drug-likeness (QED) is 0.873. The van der Waals surface area contributed by atoms with E-state index in [1.54, 1.807) is 16.8 Å². The van der Waals surface area contributed by atoms with Crippen LogP contribution in [0.1, 0.15) is 23.7 Å². The van der Waals surface area contributed by atoms with Crippen LogP contribution in [0.15, 0.2) is 30.6 Å². The molecular formula is C14H19ClN6O. The van der Waals surface area contributed by atoms with Crippen molar-refractivity contribution in [3.05, 3.63) is 36.2 Å². The fourth-order valence-corrected chi connectivity index (χ4v) is 2.53. The van der Waals surface area contributed by atoms with Crippen LogP contribution >= 0.6 is 12.4 Å². The molecule has 8 heteroatoms. The second kappa shape index (κ2) is 7.33. The van der Waals surface area contributed by atoms with Crippen molar-refractivity contribution < 1.29 is 4.79 Å². The van der Waals surface area contributed by atoms with Gasteiger partial charge in [0.05, 0.1) is 5.69 Å². The van der Waals surface area contributed by atoms with E-state index in [-0.39, 0.29) is 24.4 Å². The number of nitrogens with one attached hydrogen (secondary N) is 2. The summed E-state index contributed by atoms with van der Waals surface area (Å²) in [5.74, 6) is 0.417. The lowest BCUT2D eigenvalue weighted by Crippen LogP contribution is -2.48. The van der Waals surface area contributed by atoms with Crippen LogP contribution in [0, 0.1) is 5.92 Å². The van der Waals surface area contributed by atoms with Gasteiger partial charge in [-0.25, -0.2) is 4.68 Å². The van der Waals surface area contributed by atoms with E-state index in [2.05, 4.69) is 33.1 Å². The van der Waals surface area contributed by atoms with Gasteiger partial charge in [0.1, 0.15) is 6.33 Å². The molecule has 3 rings (SSSR count). The Morgan fingerprint density at radius 2 is 2.14 bits per heavy atom. The zero-order valence-electron chi connectivity index (χ0n) is 12.3. The second-order valence-corrected chi connectivity index (χ2v) is 5.35. The number of aromatic nitrogens is 4. The van der Waals surface area contributed by atoms with Crippen LogP contribution in [0.3, 0.4) is 0 Å². The molecule has 2 unspecified atom stereocenters. The maximum absolute atomic E-state index is 12.3. The van der Waals surface area contributed by atoms with Gasteiger partial charge in [-0.1, -0.05) is 6.92 Å². The Balaban J connectivity index is 0.00000176. The Labute approximate surface area is 134 Å². The van der Waals surface area contributed by atoms with Crippen LogP contribution in [0.4, 0.5) is 0 Å². The molecule has 0 radical (unpaired) electrons. The number of benzene rings is 1. The molecule has 0 bridgehead atoms. The fourth-order valence-electron chi connectivity index (χ4n) is 2.53. The Hall–Kier alpha value is -1.99. The summed E-state index contributed by atoms with van der Waals surface area (Å²) in [6.45, 7) is 4.05. The van der Waals surface area contributed by atoms with E-state index in [0.717, 1.165) is 25.2 Å². The van der Waals surface area contributed by atoms with Crippen LogP contribution in [-0.4, -0.2) is 45.2 Å². The third-order valence-corrected chi connectivity index (χ3v) is 3.84. The monoisotopic (exact) mass is 322 g/mol. The number of nitrogens with zero attached hydrogens (tertiary/aromatic N) is 4. The molecule has 1 amide bonds. The van der Waals surface area contributed by atoms with Gasteiger partial charge < -0.3 is 10.6 Å². The third kappa shape index (κ3) is 3.61. The molecule has 1 saturated heterocycles. The van der Waals surface area contributed by atoms with Gasteiger partial charge in [-0.3, -0.25) is 4.79 Å². The summed E-state index contributed by atoms with van der Waals surface area (Å²) >= 11 is 0. The van der Waals surface area contributed by atoms with E-state index in [4.69, 9.17) is 0 Å². The average Bonchev–Trinajstić information content (AvgIpc) is 3.04. The average molecular weight is 323 g/mol. The lowest BCUT2D eigenvalue weighted by atomic mass is 9.95. The molecule has 22 heavy (non-hydrogen) atoms. The molecule has 0 saturated carbocycles. The highest BCUT2D eigenvalue weighted by atomic mass is 35.5. The number of hydrogen-bond donors (Lipinski definition) is 2. The topological polar surface area (TPSA) is 84.7 Å². The van der Waals surface area contributed by atoms with Crippen molar-refractivity contribution in [2.24, 2.45) is 5.92 Å². The molecular weight excluding hydrogens is 304 g/mol. The molecule has 2 heterocycles. The van der Waals surface area contributed by atoms with Gasteiger partial charge in [0.15, 0.2) is 0 Å². The second-order valence-electron chi connectivity index (χ2n) is 5.35. The molecule has 1 aromatic heterocycles. The van der Waals surface area contributed by atoms with E-state index in [9.17, 15) is 4.79 Å². The van der Waals surface area contributed by atoms with Gasteiger partial charge in [-0.2, -0.15) is 0 Å². The minimum atomic E-state index is -0.0305. The molecule has 1 aromatic carbocycles. The molecule has 118 valence electrons. The first-order chi connectivity index (χ1) is 10.2. The summed E-state index contributed by atoms with van der Waals surface area (Å²) in [6.07, 6.45) is 2.49. The van der Waals surface area contributed by atoms with E-state index in [1.807, 2.05) is 12.1 Å². The molecule has 0 aliphatic carbocycles. The van der Waals surface area contributed by atoms with E-state index in [1.165, 1.54) is 6.33 Å². The van der Waals surface area contributed by atoms with Crippen molar-refractivity contribution in [3.8, 4) is 5.69 Å². The van der Waals surface area contributed by atoms with Crippen LogP contribution < -0.4 is 10.6 Å². The Morgan fingerprint density at radius 1 is 1.36 bits per heavy atom. The lowest BCUT2D eigenvalue weighted by molar-refractivity contribution is 0.0914. The third-order valence-electron chi connectivity index (χ3n) is 3.84. The molecule has 1 aliphatic heterocycles. The summed E-state index contributed by atoms with van der Waals surface area (Å²) < 4.78 is 1.55. The summed E-state index contributed by atoms with van der Waals surface area (Å²) in [5.41, 5.74) is 1.48. The van der Waals surface area contributed by atoms with Crippen molar-refractivity contribution in [2.75, 3.05) is 13.1 Å². The normalized spacial score (nSPS) is 21.0. The fraction of sp³-hybridized carbons (Fsp3) is 0.429. The number of hydrogen-bond acceptors (Lipinski definition) is 5. The Kier molecular flexibility index (Phi) is 5.46. The van der Waals surface area contributed by atoms with Gasteiger partial charge in [-0.15, -0.1) is 17.5 Å². The van der Waals surface area contributed by atoms with Crippen molar-refractivity contribution >= 4 is 18.3 Å². The maximum atomic E-state index is 12.3. The highest BCUT2D eigenvalue weighted by Crippen LogP contribution is 2.12. The predicted octanol–water partition coefficient (Wildman–Crippen LogP) is 0.812. The van der Waals surface area contributed by atoms with Gasteiger partial charge in [0.2, 0.25) is 0 Å². The maximum Gasteiger partial charge on any atom is 0.251 e. The van der Waals surface area contributed by atoms with E-state index >= 15 is 0 Å². The minimum Gasteiger partial charge on any atom is -0.349 e. The van der Waals surface area contributed by atoms with Crippen LogP contribution in [0.5, 0.6) is 0 Å². The smallest absolute Gasteiger partial charge is 0.251 e. The van der Waals surface area contributed by atoms with Gasteiger partial charge in [0, 0.05) is 11.6 Å². The molecule has 2 N–H and O–H groups in total. The zero-order valence-corrected chi connectivity index (χ0v) is 13.1. The molecule has 1 aliphatic rings. The number of carbonyl (C=O) groups excluding carboxylic acids is 1. The first-order valence-electron chi connectivity index (χ1n) is 7.09. The zero-order chi connectivity index (χ0) is 14.7. The lowest BCUT2D eigenvalue weighted by Gasteiger charge is -2.30. The number of tetrazole rings is 1. The van der Waals surface area contributed by atoms with E-state index < -0.39 is 0 Å². The SMILES string of the molecule is CC1CNCCC1NC(=O)c1ccc(-n2cnnn2)cc1.Cl. The van der Waals surface area contributed by atoms with Crippen molar-refractivity contribution in [3.63, 3.8) is 0 Å². The first kappa shape index (κ1) is 16.4. The standard InChI is InChI=1S/C14H18N6O.ClH/c1-10-8-15-7-6-13(10)17-14(21)11-2-4-12(5-3-11)20-9-16-18-19-20;/h2-5,9-10,13,15H,6-8H2,1H3,(H,17,21);1H. The molecule has 2 aromatic rings. The molecule has 7 nitrogen and oxygen atoms in total. The Morgan fingerprint density at radius 3 is 2.77 bits per heavy atom. The van der Waals surface area contributed by atoms with Crippen molar-refractivity contribution in [1.29, 1.82) is 0 Å². The summed E-state index contributed by atoms with van der Waals surface area (Å²) in [7, 11) is 0. The van der Waals surface area contributed by atoms with Crippen LogP contribution in [0.25, 0.3) is 5.69 Å². The highest BCUT2D eigenvalue weighted by molar-refractivity contribution is 5.94. The van der Waals surface area contributed by atoms with Gasteiger partial charge in [0.25, 0.3) is 5.91 Å². The van der Waals surface area contributed by atoms with Crippen LogP contribution in [0.2, 0.25) is 0 Å². The highest BCUT2D eigenvalue weighted by Gasteiger charge is 2.22. The number of amides is 1. The first-order valence-corrected chi connectivity index (χ1v) is 7.09. The van der Waals surface area contributed by atoms with Gasteiger partial charge in [-0.05, 0) is 60.1 Å². The summed E-state index contributed by atoms with van der Waals surface area (Å²) in [6, 6.07) is 7.47. The van der Waals surface area contributed by atoms with E-state index in [0.29, 0.717) is 11.5 Å². The number of rotatable bonds is 3. The number of carbonyl (C=O) groups is 1. The minimum absolute atomic E-state index is 0. The van der Waals surface area contributed by atoms with Crippen LogP contribution in [-0.2, 0) is 0 Å². The molecule has 1 fully saturated rings. The summed E-state index contributed by atoms with van der Waals surface area (Å²) in [4.78, 5) is 12.3. The van der Waals surface area contributed by atoms with Gasteiger partial charge >= 0.3 is 0 Å². The summed E-state index contributed by atoms with van der Waals surface area (Å²) in [5, 5.41) is 17.4.